The molecule has 1 amide bonds. The van der Waals surface area contributed by atoms with Crippen LogP contribution in [0.5, 0.6) is 23.0 Å². The van der Waals surface area contributed by atoms with E-state index >= 15 is 0 Å². The van der Waals surface area contributed by atoms with Gasteiger partial charge in [0.2, 0.25) is 5.91 Å². The summed E-state index contributed by atoms with van der Waals surface area (Å²) in [4.78, 5) is 23.9. The average molecular weight is 442 g/mol. The zero-order valence-corrected chi connectivity index (χ0v) is 18.5. The summed E-state index contributed by atoms with van der Waals surface area (Å²) in [5.41, 5.74) is 2.20. The van der Waals surface area contributed by atoms with Gasteiger partial charge in [0, 0.05) is 24.5 Å². The van der Waals surface area contributed by atoms with Crippen molar-refractivity contribution in [2.24, 2.45) is 5.10 Å². The molecule has 0 radical (unpaired) electrons. The summed E-state index contributed by atoms with van der Waals surface area (Å²) in [6.45, 7) is 0. The van der Waals surface area contributed by atoms with Crippen LogP contribution < -0.4 is 18.9 Å². The van der Waals surface area contributed by atoms with E-state index in [1.165, 1.54) is 12.1 Å². The molecule has 0 aromatic heterocycles. The first-order valence-electron chi connectivity index (χ1n) is 9.96. The molecule has 1 atom stereocenters. The topological polar surface area (TPSA) is 107 Å². The maximum Gasteiger partial charge on any atom is 0.303 e. The summed E-state index contributed by atoms with van der Waals surface area (Å²) < 4.78 is 21.4. The van der Waals surface area contributed by atoms with Gasteiger partial charge in [-0.3, -0.25) is 9.59 Å². The number of nitrogens with zero attached hydrogens (tertiary/aromatic N) is 2. The Morgan fingerprint density at radius 2 is 1.59 bits per heavy atom. The Kier molecular flexibility index (Phi) is 7.19. The molecule has 0 unspecified atom stereocenters. The normalized spacial score (nSPS) is 15.2. The summed E-state index contributed by atoms with van der Waals surface area (Å²) in [5.74, 6) is 0.871. The monoisotopic (exact) mass is 442 g/mol. The van der Waals surface area contributed by atoms with Gasteiger partial charge < -0.3 is 24.1 Å². The van der Waals surface area contributed by atoms with E-state index in [4.69, 9.17) is 24.1 Å². The first-order chi connectivity index (χ1) is 15.4. The highest BCUT2D eigenvalue weighted by Gasteiger charge is 2.34. The number of hydrogen-bond acceptors (Lipinski definition) is 7. The van der Waals surface area contributed by atoms with Gasteiger partial charge in [0.25, 0.3) is 0 Å². The molecule has 9 nitrogen and oxygen atoms in total. The van der Waals surface area contributed by atoms with Crippen molar-refractivity contribution in [1.29, 1.82) is 0 Å². The van der Waals surface area contributed by atoms with Crippen LogP contribution in [0, 0.1) is 0 Å². The molecule has 1 heterocycles. The third-order valence-electron chi connectivity index (χ3n) is 5.20. The zero-order valence-electron chi connectivity index (χ0n) is 18.5. The maximum absolute atomic E-state index is 12.9. The van der Waals surface area contributed by atoms with Crippen molar-refractivity contribution in [2.45, 2.75) is 25.3 Å². The van der Waals surface area contributed by atoms with E-state index in [9.17, 15) is 9.59 Å². The van der Waals surface area contributed by atoms with E-state index in [-0.39, 0.29) is 18.7 Å². The highest BCUT2D eigenvalue weighted by molar-refractivity contribution is 6.04. The van der Waals surface area contributed by atoms with Crippen molar-refractivity contribution >= 4 is 17.6 Å². The van der Waals surface area contributed by atoms with Crippen molar-refractivity contribution in [3.8, 4) is 23.0 Å². The number of benzene rings is 2. The number of hydrogen-bond donors (Lipinski definition) is 1. The molecule has 0 saturated heterocycles. The fourth-order valence-corrected chi connectivity index (χ4v) is 3.54. The number of carbonyl (C=O) groups excluding carboxylic acids is 1. The Morgan fingerprint density at radius 1 is 0.938 bits per heavy atom. The molecule has 0 spiro atoms. The van der Waals surface area contributed by atoms with Crippen LogP contribution in [0.15, 0.2) is 41.5 Å². The Balaban J connectivity index is 2.00. The van der Waals surface area contributed by atoms with Crippen molar-refractivity contribution in [1.82, 2.24) is 5.01 Å². The van der Waals surface area contributed by atoms with E-state index < -0.39 is 12.0 Å². The largest absolute Gasteiger partial charge is 0.497 e. The summed E-state index contributed by atoms with van der Waals surface area (Å²) >= 11 is 0. The summed E-state index contributed by atoms with van der Waals surface area (Å²) in [6.07, 6.45) is -0.00618. The maximum atomic E-state index is 12.9. The molecule has 9 heteroatoms. The van der Waals surface area contributed by atoms with Crippen LogP contribution in [-0.2, 0) is 9.59 Å². The van der Waals surface area contributed by atoms with Gasteiger partial charge in [-0.25, -0.2) is 5.01 Å². The van der Waals surface area contributed by atoms with E-state index in [1.54, 1.807) is 39.5 Å². The molecular weight excluding hydrogens is 416 g/mol. The Bertz CT molecular complexity index is 1010. The summed E-state index contributed by atoms with van der Waals surface area (Å²) in [7, 11) is 6.20. The van der Waals surface area contributed by atoms with E-state index in [0.717, 1.165) is 11.1 Å². The number of carbonyl (C=O) groups is 2. The summed E-state index contributed by atoms with van der Waals surface area (Å²) in [5, 5.41) is 14.9. The lowest BCUT2D eigenvalue weighted by atomic mass is 9.97. The molecule has 1 aliphatic heterocycles. The van der Waals surface area contributed by atoms with Crippen LogP contribution in [0.1, 0.15) is 36.4 Å². The lowest BCUT2D eigenvalue weighted by Crippen LogP contribution is -2.27. The molecule has 170 valence electrons. The third-order valence-corrected chi connectivity index (χ3v) is 5.20. The Labute approximate surface area is 186 Å². The molecule has 3 rings (SSSR count). The van der Waals surface area contributed by atoms with Gasteiger partial charge in [0.1, 0.15) is 11.5 Å². The average Bonchev–Trinajstić information content (AvgIpc) is 3.27. The van der Waals surface area contributed by atoms with Crippen molar-refractivity contribution in [3.63, 3.8) is 0 Å². The number of aliphatic carboxylic acids is 1. The lowest BCUT2D eigenvalue weighted by molar-refractivity contribution is -0.141. The molecule has 0 bridgehead atoms. The van der Waals surface area contributed by atoms with Gasteiger partial charge in [-0.15, -0.1) is 0 Å². The lowest BCUT2D eigenvalue weighted by Gasteiger charge is -2.22. The Hall–Kier alpha value is -3.75. The van der Waals surface area contributed by atoms with Crippen LogP contribution in [-0.4, -0.2) is 56.1 Å². The van der Waals surface area contributed by atoms with Crippen LogP contribution in [0.25, 0.3) is 0 Å². The minimum absolute atomic E-state index is 0.155. The summed E-state index contributed by atoms with van der Waals surface area (Å²) in [6, 6.07) is 10.4. The van der Waals surface area contributed by atoms with E-state index in [2.05, 4.69) is 5.10 Å². The van der Waals surface area contributed by atoms with Crippen molar-refractivity contribution in [2.75, 3.05) is 28.4 Å². The quantitative estimate of drug-likeness (QED) is 0.635. The number of ether oxygens (including phenoxy) is 4. The molecule has 1 aliphatic rings. The van der Waals surface area contributed by atoms with Crippen molar-refractivity contribution in [3.05, 3.63) is 47.5 Å². The fraction of sp³-hybridized carbons (Fsp3) is 0.348. The van der Waals surface area contributed by atoms with Gasteiger partial charge in [0.05, 0.1) is 46.6 Å². The minimum Gasteiger partial charge on any atom is -0.497 e. The number of methoxy groups -OCH3 is 4. The predicted octanol–water partition coefficient (Wildman–Crippen LogP) is 3.26. The molecule has 1 N–H and O–H groups in total. The second-order valence-electron chi connectivity index (χ2n) is 7.11. The highest BCUT2D eigenvalue weighted by atomic mass is 16.5. The zero-order chi connectivity index (χ0) is 23.3. The smallest absolute Gasteiger partial charge is 0.303 e. The second kappa shape index (κ2) is 10.0. The second-order valence-corrected chi connectivity index (χ2v) is 7.11. The standard InChI is InChI=1S/C23H26N2O7/c1-29-16-9-15(10-17(12-16)30-2)18-13-19(25(24-18)22(26)7-8-23(27)28)14-5-6-20(31-3)21(11-14)32-4/h5-6,9-12,19H,7-8,13H2,1-4H3,(H,27,28)/t19-/m1/s1. The molecule has 2 aromatic carbocycles. The van der Waals surface area contributed by atoms with Crippen LogP contribution in [0.3, 0.4) is 0 Å². The van der Waals surface area contributed by atoms with Gasteiger partial charge in [-0.2, -0.15) is 5.10 Å². The molecule has 0 aliphatic carbocycles. The highest BCUT2D eigenvalue weighted by Crippen LogP contribution is 2.38. The third kappa shape index (κ3) is 4.93. The van der Waals surface area contributed by atoms with E-state index in [1.807, 2.05) is 18.2 Å². The van der Waals surface area contributed by atoms with E-state index in [0.29, 0.717) is 35.1 Å². The van der Waals surface area contributed by atoms with Gasteiger partial charge in [-0.1, -0.05) is 6.07 Å². The van der Waals surface area contributed by atoms with Crippen LogP contribution >= 0.6 is 0 Å². The number of rotatable bonds is 9. The number of carboxylic acids is 1. The van der Waals surface area contributed by atoms with Crippen LogP contribution in [0.4, 0.5) is 0 Å². The van der Waals surface area contributed by atoms with Crippen LogP contribution in [0.2, 0.25) is 0 Å². The molecular formula is C23H26N2O7. The van der Waals surface area contributed by atoms with Gasteiger partial charge >= 0.3 is 5.97 Å². The van der Waals surface area contributed by atoms with Gasteiger partial charge in [-0.05, 0) is 29.8 Å². The van der Waals surface area contributed by atoms with Crippen molar-refractivity contribution < 1.29 is 33.6 Å². The predicted molar refractivity (Wildman–Crippen MR) is 117 cm³/mol. The fourth-order valence-electron chi connectivity index (χ4n) is 3.54. The Morgan fingerprint density at radius 3 is 2.16 bits per heavy atom. The molecule has 0 saturated carbocycles. The molecule has 2 aromatic rings. The molecule has 0 fully saturated rings. The van der Waals surface area contributed by atoms with Gasteiger partial charge in [0.15, 0.2) is 11.5 Å². The number of amides is 1. The minimum atomic E-state index is -1.04. The first kappa shape index (κ1) is 22.9. The molecule has 32 heavy (non-hydrogen) atoms. The number of hydrazone groups is 1. The number of carboxylic acid groups (broad SMARTS) is 1. The SMILES string of the molecule is COc1cc(OC)cc(C2=NN(C(=O)CCC(=O)O)[C@@H](c3ccc(OC)c(OC)c3)C2)c1. The first-order valence-corrected chi connectivity index (χ1v) is 9.96.